The van der Waals surface area contributed by atoms with Crippen LogP contribution in [-0.2, 0) is 11.0 Å². The summed E-state index contributed by atoms with van der Waals surface area (Å²) in [6.45, 7) is 1.75. The summed E-state index contributed by atoms with van der Waals surface area (Å²) in [5, 5.41) is 6.19. The Morgan fingerprint density at radius 1 is 0.905 bits per heavy atom. The highest BCUT2D eigenvalue weighted by molar-refractivity contribution is 6.34. The van der Waals surface area contributed by atoms with Crippen molar-refractivity contribution in [3.05, 3.63) is 114 Å². The Labute approximate surface area is 243 Å². The first-order valence-electron chi connectivity index (χ1n) is 12.5. The average Bonchev–Trinajstić information content (AvgIpc) is 2.96. The van der Waals surface area contributed by atoms with Crippen LogP contribution in [0.3, 0.4) is 0 Å². The van der Waals surface area contributed by atoms with Crippen LogP contribution in [0.5, 0.6) is 0 Å². The van der Waals surface area contributed by atoms with E-state index < -0.39 is 17.6 Å². The molecule has 7 nitrogen and oxygen atoms in total. The van der Waals surface area contributed by atoms with Gasteiger partial charge in [0.15, 0.2) is 0 Å². The van der Waals surface area contributed by atoms with Gasteiger partial charge in [0.1, 0.15) is 12.1 Å². The van der Waals surface area contributed by atoms with Gasteiger partial charge in [0.2, 0.25) is 5.91 Å². The second-order valence-electron chi connectivity index (χ2n) is 9.13. The van der Waals surface area contributed by atoms with Gasteiger partial charge in [-0.15, -0.1) is 0 Å². The average molecular weight is 588 g/mol. The van der Waals surface area contributed by atoms with Crippen LogP contribution in [0.1, 0.15) is 22.8 Å². The molecular formula is C31H21ClF3N5O2. The zero-order valence-electron chi connectivity index (χ0n) is 21.9. The maximum atomic E-state index is 13.0. The van der Waals surface area contributed by atoms with Crippen molar-refractivity contribution in [3.8, 4) is 22.3 Å². The predicted molar refractivity (Wildman–Crippen MR) is 156 cm³/mol. The highest BCUT2D eigenvalue weighted by Crippen LogP contribution is 2.37. The van der Waals surface area contributed by atoms with Crippen molar-refractivity contribution in [2.24, 2.45) is 0 Å². The van der Waals surface area contributed by atoms with E-state index in [-0.39, 0.29) is 22.3 Å². The lowest BCUT2D eigenvalue weighted by Crippen LogP contribution is -2.14. The minimum Gasteiger partial charge on any atom is -0.323 e. The van der Waals surface area contributed by atoms with E-state index in [4.69, 9.17) is 11.6 Å². The smallest absolute Gasteiger partial charge is 0.323 e. The fourth-order valence-corrected chi connectivity index (χ4v) is 4.62. The van der Waals surface area contributed by atoms with Crippen molar-refractivity contribution in [3.63, 3.8) is 0 Å². The van der Waals surface area contributed by atoms with Crippen LogP contribution in [0.15, 0.2) is 97.6 Å². The standard InChI is InChI=1S/C31H21ClF3N5O2/c1-2-4-28(41)39-23-6-3-5-18(12-23)25-13-20(11-21-16-36-17-38-29(21)25)24-8-7-19(14-26(24)32)30(42)40-27-15-22(9-10-37-27)31(33,34)35/h2-17H,1H3,(H,39,41)(H,37,40,42)/b4-2+. The Bertz CT molecular complexity index is 1860. The maximum absolute atomic E-state index is 13.0. The molecule has 0 aliphatic heterocycles. The summed E-state index contributed by atoms with van der Waals surface area (Å²) < 4.78 is 39.1. The molecule has 2 heterocycles. The van der Waals surface area contributed by atoms with Gasteiger partial charge in [0.25, 0.3) is 5.91 Å². The number of carbonyl (C=O) groups is 2. The molecule has 0 radical (unpaired) electrons. The molecule has 2 aromatic heterocycles. The topological polar surface area (TPSA) is 96.9 Å². The molecule has 42 heavy (non-hydrogen) atoms. The fraction of sp³-hybridized carbons (Fsp3) is 0.0645. The van der Waals surface area contributed by atoms with Gasteiger partial charge >= 0.3 is 6.18 Å². The molecule has 3 aromatic carbocycles. The van der Waals surface area contributed by atoms with Crippen LogP contribution in [-0.4, -0.2) is 26.8 Å². The highest BCUT2D eigenvalue weighted by atomic mass is 35.5. The monoisotopic (exact) mass is 587 g/mol. The summed E-state index contributed by atoms with van der Waals surface area (Å²) in [5.74, 6) is -1.16. The van der Waals surface area contributed by atoms with Crippen molar-refractivity contribution in [2.75, 3.05) is 10.6 Å². The molecule has 0 aliphatic carbocycles. The first-order chi connectivity index (χ1) is 20.1. The van der Waals surface area contributed by atoms with Crippen molar-refractivity contribution in [1.82, 2.24) is 15.0 Å². The van der Waals surface area contributed by atoms with E-state index in [1.54, 1.807) is 31.3 Å². The van der Waals surface area contributed by atoms with Crippen LogP contribution in [0, 0.1) is 0 Å². The third-order valence-corrected chi connectivity index (χ3v) is 6.55. The van der Waals surface area contributed by atoms with Crippen molar-refractivity contribution in [1.29, 1.82) is 0 Å². The van der Waals surface area contributed by atoms with E-state index >= 15 is 0 Å². The molecule has 0 saturated heterocycles. The number of rotatable bonds is 6. The molecule has 210 valence electrons. The van der Waals surface area contributed by atoms with Gasteiger partial charge in [-0.05, 0) is 72.7 Å². The number of benzene rings is 3. The molecule has 0 bridgehead atoms. The zero-order valence-corrected chi connectivity index (χ0v) is 22.7. The first-order valence-corrected chi connectivity index (χ1v) is 12.9. The Kier molecular flexibility index (Phi) is 7.99. The minimum absolute atomic E-state index is 0.136. The van der Waals surface area contributed by atoms with Gasteiger partial charge in [0.05, 0.1) is 11.1 Å². The molecule has 2 N–H and O–H groups in total. The van der Waals surface area contributed by atoms with Gasteiger partial charge in [-0.1, -0.05) is 35.9 Å². The zero-order chi connectivity index (χ0) is 29.9. The van der Waals surface area contributed by atoms with Crippen molar-refractivity contribution in [2.45, 2.75) is 13.1 Å². The summed E-state index contributed by atoms with van der Waals surface area (Å²) in [7, 11) is 0. The second kappa shape index (κ2) is 11.8. The van der Waals surface area contributed by atoms with Gasteiger partial charge in [-0.2, -0.15) is 13.2 Å². The summed E-state index contributed by atoms with van der Waals surface area (Å²) >= 11 is 6.63. The van der Waals surface area contributed by atoms with Gasteiger partial charge in [-0.25, -0.2) is 15.0 Å². The van der Waals surface area contributed by atoms with E-state index in [1.807, 2.05) is 30.3 Å². The molecule has 0 fully saturated rings. The lowest BCUT2D eigenvalue weighted by atomic mass is 9.95. The Balaban J connectivity index is 1.48. The third kappa shape index (κ3) is 6.29. The molecule has 11 heteroatoms. The lowest BCUT2D eigenvalue weighted by molar-refractivity contribution is -0.137. The van der Waals surface area contributed by atoms with Gasteiger partial charge < -0.3 is 10.6 Å². The number of fused-ring (bicyclic) bond motifs is 1. The summed E-state index contributed by atoms with van der Waals surface area (Å²) in [6.07, 6.45) is 2.60. The van der Waals surface area contributed by atoms with Gasteiger partial charge in [-0.3, -0.25) is 9.59 Å². The Hall–Kier alpha value is -5.09. The van der Waals surface area contributed by atoms with Crippen molar-refractivity contribution >= 4 is 45.8 Å². The summed E-state index contributed by atoms with van der Waals surface area (Å²) in [4.78, 5) is 37.3. The van der Waals surface area contributed by atoms with E-state index in [0.29, 0.717) is 22.3 Å². The number of aromatic nitrogens is 3. The molecule has 5 rings (SSSR count). The molecule has 0 unspecified atom stereocenters. The fourth-order valence-electron chi connectivity index (χ4n) is 4.33. The molecule has 0 saturated carbocycles. The number of pyridine rings is 1. The number of hydrogen-bond donors (Lipinski definition) is 2. The summed E-state index contributed by atoms with van der Waals surface area (Å²) in [5.41, 5.74) is 3.38. The lowest BCUT2D eigenvalue weighted by Gasteiger charge is -2.13. The van der Waals surface area contributed by atoms with E-state index in [2.05, 4.69) is 25.6 Å². The van der Waals surface area contributed by atoms with Crippen LogP contribution < -0.4 is 10.6 Å². The highest BCUT2D eigenvalue weighted by Gasteiger charge is 2.31. The van der Waals surface area contributed by atoms with Gasteiger partial charge in [0, 0.05) is 45.2 Å². The number of alkyl halides is 3. The minimum atomic E-state index is -4.57. The molecule has 2 amide bonds. The number of nitrogens with one attached hydrogen (secondary N) is 2. The predicted octanol–water partition coefficient (Wildman–Crippen LogP) is 7.80. The number of hydrogen-bond acceptors (Lipinski definition) is 5. The van der Waals surface area contributed by atoms with Crippen LogP contribution in [0.25, 0.3) is 33.2 Å². The van der Waals surface area contributed by atoms with Crippen LogP contribution in [0.4, 0.5) is 24.7 Å². The quantitative estimate of drug-likeness (QED) is 0.198. The number of carbonyl (C=O) groups excluding carboxylic acids is 2. The number of amides is 2. The molecule has 5 aromatic rings. The molecule has 0 spiro atoms. The summed E-state index contributed by atoms with van der Waals surface area (Å²) in [6, 6.07) is 17.3. The van der Waals surface area contributed by atoms with Crippen LogP contribution >= 0.6 is 11.6 Å². The number of nitrogens with zero attached hydrogens (tertiary/aromatic N) is 3. The Morgan fingerprint density at radius 3 is 2.50 bits per heavy atom. The van der Waals surface area contributed by atoms with E-state index in [0.717, 1.165) is 34.8 Å². The van der Waals surface area contributed by atoms with E-state index in [9.17, 15) is 22.8 Å². The van der Waals surface area contributed by atoms with E-state index in [1.165, 1.54) is 24.5 Å². The first kappa shape index (κ1) is 28.4. The molecular weight excluding hydrogens is 567 g/mol. The third-order valence-electron chi connectivity index (χ3n) is 6.24. The number of anilines is 2. The SMILES string of the molecule is C/C=C/C(=O)Nc1cccc(-c2cc(-c3ccc(C(=O)Nc4cc(C(F)(F)F)ccn4)cc3Cl)cc3cncnc23)c1. The Morgan fingerprint density at radius 2 is 1.74 bits per heavy atom. The molecule has 0 atom stereocenters. The maximum Gasteiger partial charge on any atom is 0.416 e. The number of allylic oxidation sites excluding steroid dienone is 1. The van der Waals surface area contributed by atoms with Crippen LogP contribution in [0.2, 0.25) is 5.02 Å². The molecule has 0 aliphatic rings. The second-order valence-corrected chi connectivity index (χ2v) is 9.54. The van der Waals surface area contributed by atoms with Crippen molar-refractivity contribution < 1.29 is 22.8 Å². The normalized spacial score (nSPS) is 11.5. The largest absolute Gasteiger partial charge is 0.416 e. The number of halogens is 4.